The smallest absolute Gasteiger partial charge is 0.238 e. The zero-order valence-electron chi connectivity index (χ0n) is 13.2. The van der Waals surface area contributed by atoms with E-state index < -0.39 is 0 Å². The molecule has 0 bridgehead atoms. The third-order valence-corrected chi connectivity index (χ3v) is 4.29. The summed E-state index contributed by atoms with van der Waals surface area (Å²) in [6.45, 7) is 3.61. The van der Waals surface area contributed by atoms with Gasteiger partial charge in [0.1, 0.15) is 5.75 Å². The number of phenols is 1. The van der Waals surface area contributed by atoms with E-state index in [0.29, 0.717) is 17.4 Å². The maximum Gasteiger partial charge on any atom is 0.238 e. The van der Waals surface area contributed by atoms with Crippen LogP contribution in [0.15, 0.2) is 42.6 Å². The predicted molar refractivity (Wildman–Crippen MR) is 94.6 cm³/mol. The number of anilines is 2. The van der Waals surface area contributed by atoms with E-state index in [1.54, 1.807) is 30.5 Å². The summed E-state index contributed by atoms with van der Waals surface area (Å²) in [5.74, 6) is 0.172. The molecule has 7 heteroatoms. The van der Waals surface area contributed by atoms with Crippen LogP contribution < -0.4 is 10.2 Å². The summed E-state index contributed by atoms with van der Waals surface area (Å²) >= 11 is 5.95. The van der Waals surface area contributed by atoms with E-state index in [1.165, 1.54) is 0 Å². The Morgan fingerprint density at radius 3 is 2.54 bits per heavy atom. The average molecular weight is 347 g/mol. The first-order chi connectivity index (χ1) is 11.6. The summed E-state index contributed by atoms with van der Waals surface area (Å²) in [5.41, 5.74) is 1.62. The SMILES string of the molecule is O=C(CN1CCN(c2ccc(O)cc2)CC1)Nc1cccnc1Cl. The van der Waals surface area contributed by atoms with Crippen LogP contribution in [-0.2, 0) is 4.79 Å². The van der Waals surface area contributed by atoms with Crippen molar-refractivity contribution in [2.45, 2.75) is 0 Å². The van der Waals surface area contributed by atoms with E-state index in [4.69, 9.17) is 11.6 Å². The number of hydrogen-bond acceptors (Lipinski definition) is 5. The van der Waals surface area contributed by atoms with E-state index in [-0.39, 0.29) is 11.7 Å². The summed E-state index contributed by atoms with van der Waals surface area (Å²) in [7, 11) is 0. The molecule has 0 radical (unpaired) electrons. The molecule has 1 fully saturated rings. The van der Waals surface area contributed by atoms with Crippen molar-refractivity contribution in [3.63, 3.8) is 0 Å². The summed E-state index contributed by atoms with van der Waals surface area (Å²) in [6, 6.07) is 10.7. The molecule has 126 valence electrons. The van der Waals surface area contributed by atoms with Crippen molar-refractivity contribution >= 4 is 28.9 Å². The van der Waals surface area contributed by atoms with Gasteiger partial charge in [0, 0.05) is 38.1 Å². The number of carbonyl (C=O) groups is 1. The molecule has 0 aliphatic carbocycles. The van der Waals surface area contributed by atoms with E-state index in [2.05, 4.69) is 20.1 Å². The molecule has 0 atom stereocenters. The Balaban J connectivity index is 1.49. The topological polar surface area (TPSA) is 68.7 Å². The molecule has 1 aromatic carbocycles. The van der Waals surface area contributed by atoms with Crippen LogP contribution in [-0.4, -0.2) is 53.6 Å². The number of pyridine rings is 1. The first-order valence-corrected chi connectivity index (χ1v) is 8.16. The second-order valence-corrected chi connectivity index (χ2v) is 6.03. The van der Waals surface area contributed by atoms with Gasteiger partial charge in [0.2, 0.25) is 5.91 Å². The van der Waals surface area contributed by atoms with Crippen LogP contribution in [0.5, 0.6) is 5.75 Å². The van der Waals surface area contributed by atoms with Gasteiger partial charge in [0.15, 0.2) is 5.15 Å². The Bertz CT molecular complexity index is 700. The van der Waals surface area contributed by atoms with E-state index >= 15 is 0 Å². The van der Waals surface area contributed by atoms with Crippen LogP contribution in [0, 0.1) is 0 Å². The molecular formula is C17H19ClN4O2. The molecule has 1 aromatic heterocycles. The number of aromatic nitrogens is 1. The summed E-state index contributed by atoms with van der Waals surface area (Å²) in [6.07, 6.45) is 1.58. The van der Waals surface area contributed by atoms with E-state index in [1.807, 2.05) is 12.1 Å². The van der Waals surface area contributed by atoms with Crippen molar-refractivity contribution in [3.8, 4) is 5.75 Å². The maximum absolute atomic E-state index is 12.1. The van der Waals surface area contributed by atoms with E-state index in [9.17, 15) is 9.90 Å². The molecule has 6 nitrogen and oxygen atoms in total. The van der Waals surface area contributed by atoms with Gasteiger partial charge in [-0.1, -0.05) is 11.6 Å². The number of phenolic OH excluding ortho intramolecular Hbond substituents is 1. The van der Waals surface area contributed by atoms with Gasteiger partial charge >= 0.3 is 0 Å². The Labute approximate surface area is 145 Å². The van der Waals surface area contributed by atoms with Gasteiger partial charge in [0.25, 0.3) is 0 Å². The molecule has 3 rings (SSSR count). The lowest BCUT2D eigenvalue weighted by Gasteiger charge is -2.35. The van der Waals surface area contributed by atoms with Gasteiger partial charge < -0.3 is 15.3 Å². The van der Waals surface area contributed by atoms with Crippen LogP contribution in [0.2, 0.25) is 5.15 Å². The Morgan fingerprint density at radius 2 is 1.88 bits per heavy atom. The first-order valence-electron chi connectivity index (χ1n) is 7.78. The highest BCUT2D eigenvalue weighted by Gasteiger charge is 2.19. The molecule has 0 spiro atoms. The Kier molecular flexibility index (Phi) is 5.17. The van der Waals surface area contributed by atoms with Crippen molar-refractivity contribution in [2.24, 2.45) is 0 Å². The monoisotopic (exact) mass is 346 g/mol. The quantitative estimate of drug-likeness (QED) is 0.831. The first kappa shape index (κ1) is 16.5. The lowest BCUT2D eigenvalue weighted by atomic mass is 10.2. The fraction of sp³-hybridized carbons (Fsp3) is 0.294. The number of nitrogens with zero attached hydrogens (tertiary/aromatic N) is 3. The second kappa shape index (κ2) is 7.51. The highest BCUT2D eigenvalue weighted by molar-refractivity contribution is 6.32. The lowest BCUT2D eigenvalue weighted by molar-refractivity contribution is -0.117. The minimum absolute atomic E-state index is 0.0945. The molecule has 2 heterocycles. The zero-order valence-corrected chi connectivity index (χ0v) is 13.9. The molecule has 24 heavy (non-hydrogen) atoms. The highest BCUT2D eigenvalue weighted by atomic mass is 35.5. The number of rotatable bonds is 4. The Hall–Kier alpha value is -2.31. The fourth-order valence-corrected chi connectivity index (χ4v) is 2.87. The number of piperazine rings is 1. The third kappa shape index (κ3) is 4.15. The third-order valence-electron chi connectivity index (χ3n) is 3.99. The second-order valence-electron chi connectivity index (χ2n) is 5.67. The van der Waals surface area contributed by atoms with Crippen LogP contribution in [0.1, 0.15) is 0 Å². The molecule has 1 saturated heterocycles. The lowest BCUT2D eigenvalue weighted by Crippen LogP contribution is -2.48. The minimum atomic E-state index is -0.0945. The highest BCUT2D eigenvalue weighted by Crippen LogP contribution is 2.20. The molecular weight excluding hydrogens is 328 g/mol. The maximum atomic E-state index is 12.1. The summed E-state index contributed by atoms with van der Waals surface area (Å²) < 4.78 is 0. The zero-order chi connectivity index (χ0) is 16.9. The Morgan fingerprint density at radius 1 is 1.17 bits per heavy atom. The molecule has 1 aliphatic rings. The van der Waals surface area contributed by atoms with Crippen LogP contribution in [0.25, 0.3) is 0 Å². The summed E-state index contributed by atoms with van der Waals surface area (Å²) in [5, 5.41) is 12.4. The number of hydrogen-bond donors (Lipinski definition) is 2. The molecule has 2 N–H and O–H groups in total. The number of carbonyl (C=O) groups excluding carboxylic acids is 1. The van der Waals surface area contributed by atoms with Crippen molar-refractivity contribution in [3.05, 3.63) is 47.7 Å². The predicted octanol–water partition coefficient (Wildman–Crippen LogP) is 2.20. The van der Waals surface area contributed by atoms with Gasteiger partial charge in [-0.3, -0.25) is 9.69 Å². The number of benzene rings is 1. The van der Waals surface area contributed by atoms with Crippen molar-refractivity contribution < 1.29 is 9.90 Å². The molecule has 0 unspecified atom stereocenters. The molecule has 2 aromatic rings. The standard InChI is InChI=1S/C17H19ClN4O2/c18-17-15(2-1-7-19-17)20-16(24)12-21-8-10-22(11-9-21)13-3-5-14(23)6-4-13/h1-7,23H,8-12H2,(H,20,24). The van der Waals surface area contributed by atoms with Gasteiger partial charge in [-0.15, -0.1) is 0 Å². The van der Waals surface area contributed by atoms with Crippen LogP contribution >= 0.6 is 11.6 Å². The van der Waals surface area contributed by atoms with Gasteiger partial charge in [0.05, 0.1) is 12.2 Å². The van der Waals surface area contributed by atoms with Crippen LogP contribution in [0.4, 0.5) is 11.4 Å². The van der Waals surface area contributed by atoms with Gasteiger partial charge in [-0.05, 0) is 36.4 Å². The normalized spacial score (nSPS) is 15.3. The van der Waals surface area contributed by atoms with Gasteiger partial charge in [-0.2, -0.15) is 0 Å². The molecule has 1 aliphatic heterocycles. The van der Waals surface area contributed by atoms with Crippen LogP contribution in [0.3, 0.4) is 0 Å². The van der Waals surface area contributed by atoms with Gasteiger partial charge in [-0.25, -0.2) is 4.98 Å². The number of amides is 1. The fourth-order valence-electron chi connectivity index (χ4n) is 2.70. The molecule has 1 amide bonds. The summed E-state index contributed by atoms with van der Waals surface area (Å²) in [4.78, 5) is 20.4. The van der Waals surface area contributed by atoms with E-state index in [0.717, 1.165) is 31.9 Å². The van der Waals surface area contributed by atoms with Crippen molar-refractivity contribution in [1.29, 1.82) is 0 Å². The largest absolute Gasteiger partial charge is 0.508 e. The van der Waals surface area contributed by atoms with Crippen molar-refractivity contribution in [2.75, 3.05) is 42.9 Å². The average Bonchev–Trinajstić information content (AvgIpc) is 2.58. The number of nitrogens with one attached hydrogen (secondary N) is 1. The van der Waals surface area contributed by atoms with Crippen molar-refractivity contribution in [1.82, 2.24) is 9.88 Å². The number of aromatic hydroxyl groups is 1. The molecule has 0 saturated carbocycles. The minimum Gasteiger partial charge on any atom is -0.508 e. The number of halogens is 1.